The molecule has 0 aliphatic heterocycles. The van der Waals surface area contributed by atoms with Gasteiger partial charge in [0.25, 0.3) is 0 Å². The highest BCUT2D eigenvalue weighted by molar-refractivity contribution is 5.70. The molecule has 0 heterocycles. The Morgan fingerprint density at radius 3 is 0.878 bits per heavy atom. The molecule has 0 aliphatic rings. The lowest BCUT2D eigenvalue weighted by Gasteiger charge is -2.31. The van der Waals surface area contributed by atoms with E-state index in [0.29, 0.717) is 12.8 Å². The van der Waals surface area contributed by atoms with Crippen LogP contribution in [-0.4, -0.2) is 41.5 Å². The minimum atomic E-state index is -0.807. The minimum absolute atomic E-state index is 0.226. The number of rotatable bonds is 38. The molecular formula is C43H85NO5. The molecule has 0 aromatic rings. The van der Waals surface area contributed by atoms with E-state index in [1.165, 1.54) is 167 Å². The second kappa shape index (κ2) is 36.6. The lowest BCUT2D eigenvalue weighted by atomic mass is 10.0. The number of nitrogens with one attached hydrogen (secondary N) is 1. The van der Waals surface area contributed by atoms with Crippen LogP contribution < -0.4 is 5.32 Å². The monoisotopic (exact) mass is 696 g/mol. The summed E-state index contributed by atoms with van der Waals surface area (Å²) in [6.07, 6.45) is 37.7. The maximum atomic E-state index is 12.6. The van der Waals surface area contributed by atoms with Gasteiger partial charge in [-0.2, -0.15) is 0 Å². The first kappa shape index (κ1) is 47.9. The lowest BCUT2D eigenvalue weighted by Crippen LogP contribution is -2.52. The third-order valence-electron chi connectivity index (χ3n) is 10.0. The number of hydrogen-bond donors (Lipinski definition) is 2. The highest BCUT2D eigenvalue weighted by atomic mass is 16.6. The van der Waals surface area contributed by atoms with E-state index in [2.05, 4.69) is 19.2 Å². The van der Waals surface area contributed by atoms with Crippen LogP contribution in [0.4, 0.5) is 0 Å². The van der Waals surface area contributed by atoms with E-state index in [4.69, 9.17) is 9.47 Å². The summed E-state index contributed by atoms with van der Waals surface area (Å²) in [4.78, 5) is 25.1. The van der Waals surface area contributed by atoms with E-state index < -0.39 is 24.5 Å². The summed E-state index contributed by atoms with van der Waals surface area (Å²) >= 11 is 0. The predicted molar refractivity (Wildman–Crippen MR) is 209 cm³/mol. The number of carbonyl (C=O) groups excluding carboxylic acids is 2. The number of aliphatic hydroxyl groups excluding tert-OH is 1. The smallest absolute Gasteiger partial charge is 0.306 e. The maximum Gasteiger partial charge on any atom is 0.306 e. The van der Waals surface area contributed by atoms with Crippen molar-refractivity contribution in [2.45, 2.75) is 265 Å². The highest BCUT2D eigenvalue weighted by Gasteiger charge is 2.30. The average Bonchev–Trinajstić information content (AvgIpc) is 3.06. The Labute approximate surface area is 305 Å². The lowest BCUT2D eigenvalue weighted by molar-refractivity contribution is -0.158. The first-order chi connectivity index (χ1) is 23.8. The summed E-state index contributed by atoms with van der Waals surface area (Å²) < 4.78 is 11.4. The van der Waals surface area contributed by atoms with Crippen LogP contribution in [0.15, 0.2) is 0 Å². The molecule has 0 fully saturated rings. The zero-order valence-electron chi connectivity index (χ0n) is 33.5. The van der Waals surface area contributed by atoms with Gasteiger partial charge in [-0.15, -0.1) is 0 Å². The summed E-state index contributed by atoms with van der Waals surface area (Å²) in [5.41, 5.74) is 0. The fourth-order valence-corrected chi connectivity index (χ4v) is 6.89. The van der Waals surface area contributed by atoms with E-state index in [-0.39, 0.29) is 11.9 Å². The zero-order valence-corrected chi connectivity index (χ0v) is 33.5. The third-order valence-corrected chi connectivity index (χ3v) is 10.0. The van der Waals surface area contributed by atoms with Gasteiger partial charge in [0, 0.05) is 12.8 Å². The Morgan fingerprint density at radius 2 is 0.653 bits per heavy atom. The molecule has 6 nitrogen and oxygen atoms in total. The van der Waals surface area contributed by atoms with E-state index in [1.54, 1.807) is 6.92 Å². The van der Waals surface area contributed by atoms with Crippen LogP contribution >= 0.6 is 0 Å². The van der Waals surface area contributed by atoms with Gasteiger partial charge in [-0.05, 0) is 33.6 Å². The summed E-state index contributed by atoms with van der Waals surface area (Å²) in [5.74, 6) is -0.452. The van der Waals surface area contributed by atoms with Crippen LogP contribution in [0.25, 0.3) is 0 Å². The van der Waals surface area contributed by atoms with Crippen LogP contribution in [-0.2, 0) is 19.1 Å². The number of esters is 2. The number of carbonyl (C=O) groups is 2. The number of unbranched alkanes of at least 4 members (excludes halogenated alkanes) is 28. The molecule has 0 bridgehead atoms. The van der Waals surface area contributed by atoms with E-state index in [1.807, 2.05) is 13.8 Å². The normalized spacial score (nSPS) is 14.0. The molecular weight excluding hydrogens is 610 g/mol. The van der Waals surface area contributed by atoms with Crippen LogP contribution in [0.5, 0.6) is 0 Å². The standard InChI is InChI=1S/C43H85NO5/c1-6-8-10-12-14-16-18-20-22-24-26-28-30-32-34-36-41(46)48-38(3)43(44-40(5)45)39(4)49-42(47)37-35-33-31-29-27-25-23-21-19-17-15-13-11-9-7-2/h38-40,43-45H,6-37H2,1-5H3. The third kappa shape index (κ3) is 33.7. The second-order valence-corrected chi connectivity index (χ2v) is 15.2. The van der Waals surface area contributed by atoms with Gasteiger partial charge in [0.05, 0.1) is 6.04 Å². The van der Waals surface area contributed by atoms with Crippen LogP contribution in [0.1, 0.15) is 240 Å². The predicted octanol–water partition coefficient (Wildman–Crippen LogP) is 12.7. The van der Waals surface area contributed by atoms with Crippen molar-refractivity contribution < 1.29 is 24.2 Å². The van der Waals surface area contributed by atoms with Crippen LogP contribution in [0, 0.1) is 0 Å². The van der Waals surface area contributed by atoms with Gasteiger partial charge in [-0.3, -0.25) is 14.9 Å². The largest absolute Gasteiger partial charge is 0.461 e. The first-order valence-corrected chi connectivity index (χ1v) is 21.6. The zero-order chi connectivity index (χ0) is 36.2. The molecule has 0 aromatic carbocycles. The van der Waals surface area contributed by atoms with Crippen molar-refractivity contribution in [3.8, 4) is 0 Å². The van der Waals surface area contributed by atoms with Crippen LogP contribution in [0.3, 0.4) is 0 Å². The molecule has 0 saturated heterocycles. The van der Waals surface area contributed by atoms with E-state index in [9.17, 15) is 14.7 Å². The van der Waals surface area contributed by atoms with Crippen molar-refractivity contribution in [3.05, 3.63) is 0 Å². The van der Waals surface area contributed by atoms with Crippen molar-refractivity contribution in [2.75, 3.05) is 0 Å². The maximum absolute atomic E-state index is 12.6. The van der Waals surface area contributed by atoms with Crippen molar-refractivity contribution in [1.29, 1.82) is 0 Å². The molecule has 0 rings (SSSR count). The summed E-state index contributed by atoms with van der Waals surface area (Å²) in [6, 6.07) is -0.477. The molecule has 2 N–H and O–H groups in total. The van der Waals surface area contributed by atoms with E-state index >= 15 is 0 Å². The molecule has 292 valence electrons. The molecule has 0 spiro atoms. The Bertz CT molecular complexity index is 660. The first-order valence-electron chi connectivity index (χ1n) is 21.6. The molecule has 3 unspecified atom stereocenters. The Balaban J connectivity index is 3.94. The Hall–Kier alpha value is -1.14. The van der Waals surface area contributed by atoms with Gasteiger partial charge < -0.3 is 14.6 Å². The summed E-state index contributed by atoms with van der Waals surface area (Å²) in [6.45, 7) is 9.79. The molecule has 3 atom stereocenters. The van der Waals surface area contributed by atoms with Gasteiger partial charge in [0.1, 0.15) is 18.4 Å². The van der Waals surface area contributed by atoms with Gasteiger partial charge in [0.2, 0.25) is 0 Å². The Kier molecular flexibility index (Phi) is 35.8. The number of aliphatic hydroxyl groups is 1. The van der Waals surface area contributed by atoms with Gasteiger partial charge in [0.15, 0.2) is 0 Å². The second-order valence-electron chi connectivity index (χ2n) is 15.2. The SMILES string of the molecule is CCCCCCCCCCCCCCCCCC(=O)OC(C)C(NC(C)O)C(C)OC(=O)CCCCCCCCCCCCCCCCC. The van der Waals surface area contributed by atoms with E-state index in [0.717, 1.165) is 25.7 Å². The summed E-state index contributed by atoms with van der Waals surface area (Å²) in [7, 11) is 0. The molecule has 6 heteroatoms. The van der Waals surface area contributed by atoms with Crippen LogP contribution in [0.2, 0.25) is 0 Å². The molecule has 0 saturated carbocycles. The summed E-state index contributed by atoms with van der Waals surface area (Å²) in [5, 5.41) is 13.0. The highest BCUT2D eigenvalue weighted by Crippen LogP contribution is 2.17. The van der Waals surface area contributed by atoms with Gasteiger partial charge in [-0.1, -0.05) is 194 Å². The topological polar surface area (TPSA) is 84.9 Å². The molecule has 0 aromatic heterocycles. The van der Waals surface area contributed by atoms with Crippen molar-refractivity contribution in [2.24, 2.45) is 0 Å². The fraction of sp³-hybridized carbons (Fsp3) is 0.953. The molecule has 0 aliphatic carbocycles. The Morgan fingerprint density at radius 1 is 0.429 bits per heavy atom. The van der Waals surface area contributed by atoms with Crippen molar-refractivity contribution in [1.82, 2.24) is 5.32 Å². The minimum Gasteiger partial charge on any atom is -0.461 e. The van der Waals surface area contributed by atoms with Gasteiger partial charge in [-0.25, -0.2) is 0 Å². The van der Waals surface area contributed by atoms with Crippen molar-refractivity contribution in [3.63, 3.8) is 0 Å². The fourth-order valence-electron chi connectivity index (χ4n) is 6.89. The van der Waals surface area contributed by atoms with Crippen molar-refractivity contribution >= 4 is 11.9 Å². The molecule has 49 heavy (non-hydrogen) atoms. The number of hydrogen-bond acceptors (Lipinski definition) is 6. The average molecular weight is 696 g/mol. The molecule has 0 amide bonds. The van der Waals surface area contributed by atoms with Gasteiger partial charge >= 0.3 is 11.9 Å². The number of ether oxygens (including phenoxy) is 2. The quantitative estimate of drug-likeness (QED) is 0.0380. The molecule has 0 radical (unpaired) electrons.